The van der Waals surface area contributed by atoms with Crippen molar-refractivity contribution in [2.24, 2.45) is 0 Å². The first-order valence-corrected chi connectivity index (χ1v) is 21.9. The molecular weight excluding hydrogens is 633 g/mol. The topological polar surface area (TPSA) is 34.1 Å². The number of hydrogen-bond donors (Lipinski definition) is 0. The van der Waals surface area contributed by atoms with Crippen molar-refractivity contribution >= 4 is 45.3 Å². The van der Waals surface area contributed by atoms with Gasteiger partial charge in [-0.05, 0) is 83.0 Å². The van der Waals surface area contributed by atoms with Gasteiger partial charge in [0.25, 0.3) is 0 Å². The summed E-state index contributed by atoms with van der Waals surface area (Å²) in [4.78, 5) is 30.0. The number of fused-ring (bicyclic) bond motifs is 3. The Balaban J connectivity index is 0.00000144. The van der Waals surface area contributed by atoms with E-state index >= 15 is 0 Å². The molecule has 1 aliphatic rings. The van der Waals surface area contributed by atoms with Crippen LogP contribution < -0.4 is 0 Å². The molecule has 0 aliphatic carbocycles. The van der Waals surface area contributed by atoms with Crippen molar-refractivity contribution < 1.29 is 9.59 Å². The van der Waals surface area contributed by atoms with Crippen molar-refractivity contribution in [1.29, 1.82) is 0 Å². The molecule has 0 N–H and O–H groups in total. The van der Waals surface area contributed by atoms with E-state index in [2.05, 4.69) is 62.4 Å². The molecule has 0 radical (unpaired) electrons. The van der Waals surface area contributed by atoms with Crippen LogP contribution in [-0.4, -0.2) is 24.1 Å². The molecule has 2 aromatic heterocycles. The molecular formula is C42H58O2S3. The van der Waals surface area contributed by atoms with Crippen molar-refractivity contribution in [1.82, 2.24) is 0 Å². The Morgan fingerprint density at radius 1 is 0.511 bits per heavy atom. The summed E-state index contributed by atoms with van der Waals surface area (Å²) < 4.78 is 0. The summed E-state index contributed by atoms with van der Waals surface area (Å²) in [6.07, 6.45) is 17.6. The third kappa shape index (κ3) is 9.80. The van der Waals surface area contributed by atoms with Gasteiger partial charge in [-0.25, -0.2) is 0 Å². The second kappa shape index (κ2) is 20.8. The van der Waals surface area contributed by atoms with E-state index in [0.29, 0.717) is 0 Å². The molecule has 0 amide bonds. The van der Waals surface area contributed by atoms with Crippen LogP contribution in [0, 0.1) is 0 Å². The quantitative estimate of drug-likeness (QED) is 0.0769. The van der Waals surface area contributed by atoms with Crippen LogP contribution in [-0.2, 0) is 0 Å². The average Bonchev–Trinajstić information content (AvgIpc) is 3.87. The van der Waals surface area contributed by atoms with Crippen LogP contribution in [0.5, 0.6) is 0 Å². The summed E-state index contributed by atoms with van der Waals surface area (Å²) in [6, 6.07) is 22.3. The number of benzene rings is 2. The standard InChI is InChI=1S/C38H46O2S3.2C2H6/c1-3-5-7-9-11-13-23-43(24-14-12-10-8-6-4-2)37-25-29(35-21-17-31(27-39)41-35)15-19-33(37)34-20-16-30(26-38(34)43)36-22-18-32(28-40)42-36;2*1-2/h15-22,25-28H,3-14,23-24H2,1-2H3;2*1-2H3. The van der Waals surface area contributed by atoms with Crippen LogP contribution in [0.15, 0.2) is 70.5 Å². The van der Waals surface area contributed by atoms with Crippen molar-refractivity contribution in [3.8, 4) is 32.0 Å². The first-order valence-electron chi connectivity index (χ1n) is 18.3. The Hall–Kier alpha value is -2.47. The molecule has 47 heavy (non-hydrogen) atoms. The Kier molecular flexibility index (Phi) is 17.2. The van der Waals surface area contributed by atoms with E-state index < -0.39 is 10.0 Å². The molecule has 0 fully saturated rings. The lowest BCUT2D eigenvalue weighted by atomic mass is 10.0. The van der Waals surface area contributed by atoms with Crippen molar-refractivity contribution in [3.63, 3.8) is 0 Å². The van der Waals surface area contributed by atoms with Crippen LogP contribution in [0.3, 0.4) is 0 Å². The van der Waals surface area contributed by atoms with Gasteiger partial charge in [0.1, 0.15) is 0 Å². The van der Waals surface area contributed by atoms with E-state index in [1.54, 1.807) is 32.5 Å². The normalized spacial score (nSPS) is 13.0. The Labute approximate surface area is 295 Å². The zero-order chi connectivity index (χ0) is 34.1. The summed E-state index contributed by atoms with van der Waals surface area (Å²) in [5, 5.41) is 0. The highest BCUT2D eigenvalue weighted by molar-refractivity contribution is 8.34. The predicted octanol–water partition coefficient (Wildman–Crippen LogP) is 14.7. The van der Waals surface area contributed by atoms with Gasteiger partial charge in [-0.1, -0.05) is 130 Å². The fourth-order valence-electron chi connectivity index (χ4n) is 6.50. The van der Waals surface area contributed by atoms with Crippen molar-refractivity contribution in [2.45, 2.75) is 128 Å². The molecule has 2 aromatic carbocycles. The summed E-state index contributed by atoms with van der Waals surface area (Å²) in [5.74, 6) is 2.49. The van der Waals surface area contributed by atoms with Gasteiger partial charge < -0.3 is 0 Å². The maximum Gasteiger partial charge on any atom is 0.160 e. The van der Waals surface area contributed by atoms with Crippen molar-refractivity contribution in [3.05, 3.63) is 70.4 Å². The minimum atomic E-state index is -1.25. The summed E-state index contributed by atoms with van der Waals surface area (Å²) >= 11 is 3.18. The molecule has 5 rings (SSSR count). The molecule has 256 valence electrons. The molecule has 3 heterocycles. The molecule has 0 spiro atoms. The number of unbranched alkanes of at least 4 members (excludes halogenated alkanes) is 10. The molecule has 1 aliphatic heterocycles. The molecule has 4 aromatic rings. The van der Waals surface area contributed by atoms with Crippen LogP contribution in [0.1, 0.15) is 138 Å². The van der Waals surface area contributed by atoms with E-state index in [0.717, 1.165) is 22.3 Å². The maximum atomic E-state index is 11.5. The lowest BCUT2D eigenvalue weighted by molar-refractivity contribution is 0.111. The van der Waals surface area contributed by atoms with Gasteiger partial charge in [-0.15, -0.1) is 22.7 Å². The van der Waals surface area contributed by atoms with E-state index in [1.165, 1.54) is 121 Å². The van der Waals surface area contributed by atoms with Gasteiger partial charge in [-0.3, -0.25) is 9.59 Å². The van der Waals surface area contributed by atoms with Crippen LogP contribution >= 0.6 is 32.7 Å². The average molecular weight is 691 g/mol. The molecule has 5 heteroatoms. The number of aldehydes is 2. The largest absolute Gasteiger partial charge is 0.297 e. The molecule has 2 nitrogen and oxygen atoms in total. The van der Waals surface area contributed by atoms with E-state index in [1.807, 2.05) is 39.8 Å². The fraction of sp³-hybridized carbons (Fsp3) is 0.476. The molecule has 0 saturated carbocycles. The third-order valence-corrected chi connectivity index (χ3v) is 15.3. The summed E-state index contributed by atoms with van der Waals surface area (Å²) in [7, 11) is -1.25. The highest BCUT2D eigenvalue weighted by atomic mass is 32.3. The lowest BCUT2D eigenvalue weighted by Gasteiger charge is -2.39. The highest BCUT2D eigenvalue weighted by Gasteiger charge is 2.38. The van der Waals surface area contributed by atoms with Crippen LogP contribution in [0.2, 0.25) is 0 Å². The maximum absolute atomic E-state index is 11.5. The van der Waals surface area contributed by atoms with E-state index in [-0.39, 0.29) is 0 Å². The SMILES string of the molecule is CC.CC.CCCCCCCCS1(CCCCCCCC)c2cc(-c3ccc(C=O)s3)ccc2-c2ccc(-c3ccc(C=O)s3)cc21. The Morgan fingerprint density at radius 3 is 1.26 bits per heavy atom. The minimum Gasteiger partial charge on any atom is -0.297 e. The molecule has 0 saturated heterocycles. The van der Waals surface area contributed by atoms with Gasteiger partial charge in [0.2, 0.25) is 0 Å². The third-order valence-electron chi connectivity index (χ3n) is 8.84. The van der Waals surface area contributed by atoms with Crippen molar-refractivity contribution in [2.75, 3.05) is 11.5 Å². The molecule has 0 bridgehead atoms. The van der Waals surface area contributed by atoms with E-state index in [9.17, 15) is 9.59 Å². The van der Waals surface area contributed by atoms with Gasteiger partial charge in [0.15, 0.2) is 12.6 Å². The first kappa shape index (κ1) is 39.0. The van der Waals surface area contributed by atoms with Gasteiger partial charge in [0, 0.05) is 19.5 Å². The number of hydrogen-bond acceptors (Lipinski definition) is 4. The minimum absolute atomic E-state index is 0.784. The molecule has 0 atom stereocenters. The number of carbonyl (C=O) groups excluding carboxylic acids is 2. The van der Waals surface area contributed by atoms with E-state index in [4.69, 9.17) is 0 Å². The number of thiophene rings is 2. The zero-order valence-corrected chi connectivity index (χ0v) is 32.3. The van der Waals surface area contributed by atoms with Crippen LogP contribution in [0.25, 0.3) is 32.0 Å². The second-order valence-corrected chi connectivity index (χ2v) is 17.6. The summed E-state index contributed by atoms with van der Waals surface area (Å²) in [6.45, 7) is 12.6. The first-order chi connectivity index (χ1) is 23.1. The van der Waals surface area contributed by atoms with Gasteiger partial charge in [0.05, 0.1) is 9.75 Å². The molecule has 0 unspecified atom stereocenters. The van der Waals surface area contributed by atoms with Gasteiger partial charge in [-0.2, -0.15) is 10.0 Å². The predicted molar refractivity (Wildman–Crippen MR) is 213 cm³/mol. The smallest absolute Gasteiger partial charge is 0.160 e. The Morgan fingerprint density at radius 2 is 0.894 bits per heavy atom. The van der Waals surface area contributed by atoms with Crippen LogP contribution in [0.4, 0.5) is 0 Å². The zero-order valence-electron chi connectivity index (χ0n) is 29.9. The van der Waals surface area contributed by atoms with Gasteiger partial charge >= 0.3 is 0 Å². The lowest BCUT2D eigenvalue weighted by Crippen LogP contribution is -2.10. The number of rotatable bonds is 18. The summed E-state index contributed by atoms with van der Waals surface area (Å²) in [5.41, 5.74) is 5.29. The monoisotopic (exact) mass is 690 g/mol. The highest BCUT2D eigenvalue weighted by Crippen LogP contribution is 2.73. The second-order valence-electron chi connectivity index (χ2n) is 11.9. The Bertz CT molecular complexity index is 1400. The fourth-order valence-corrected chi connectivity index (χ4v) is 12.8. The number of carbonyl (C=O) groups is 2.